The number of amides is 2. The van der Waals surface area contributed by atoms with Crippen molar-refractivity contribution in [1.29, 1.82) is 0 Å². The van der Waals surface area contributed by atoms with E-state index < -0.39 is 27.6 Å². The monoisotopic (exact) mass is 421 g/mol. The van der Waals surface area contributed by atoms with Gasteiger partial charge in [-0.2, -0.15) is 0 Å². The lowest BCUT2D eigenvalue weighted by molar-refractivity contribution is -0.0584. The van der Waals surface area contributed by atoms with Gasteiger partial charge in [0, 0.05) is 0 Å². The van der Waals surface area contributed by atoms with Crippen LogP contribution in [0.3, 0.4) is 0 Å². The van der Waals surface area contributed by atoms with E-state index in [2.05, 4.69) is 0 Å². The summed E-state index contributed by atoms with van der Waals surface area (Å²) in [5, 5.41) is 0.410. The standard InChI is InChI=1S/C22H15NO6S/c24-20-18-8-4-5-9-19(18)21(25)23(20)29-22(26)16-10-12-17(13-11-16)30(27,28)14-15-6-2-1-3-7-15/h1-13H,14H2. The zero-order valence-electron chi connectivity index (χ0n) is 15.5. The molecule has 1 aliphatic rings. The first kappa shape index (κ1) is 19.5. The van der Waals surface area contributed by atoms with Gasteiger partial charge in [0.25, 0.3) is 11.8 Å². The highest BCUT2D eigenvalue weighted by molar-refractivity contribution is 7.90. The maximum atomic E-state index is 12.6. The molecule has 3 aromatic rings. The first-order chi connectivity index (χ1) is 14.4. The third-order valence-corrected chi connectivity index (χ3v) is 6.28. The van der Waals surface area contributed by atoms with Gasteiger partial charge in [-0.05, 0) is 42.0 Å². The van der Waals surface area contributed by atoms with Crippen LogP contribution in [0.4, 0.5) is 0 Å². The number of carbonyl (C=O) groups excluding carboxylic acids is 3. The van der Waals surface area contributed by atoms with Gasteiger partial charge in [-0.1, -0.05) is 47.5 Å². The van der Waals surface area contributed by atoms with Crippen molar-refractivity contribution in [3.05, 3.63) is 101 Å². The second kappa shape index (κ2) is 7.57. The predicted molar refractivity (Wildman–Crippen MR) is 106 cm³/mol. The zero-order chi connectivity index (χ0) is 21.3. The first-order valence-corrected chi connectivity index (χ1v) is 10.6. The molecule has 1 aliphatic heterocycles. The van der Waals surface area contributed by atoms with Crippen LogP contribution in [0.25, 0.3) is 0 Å². The average Bonchev–Trinajstić information content (AvgIpc) is 2.99. The molecule has 0 saturated heterocycles. The van der Waals surface area contributed by atoms with Crippen molar-refractivity contribution in [3.63, 3.8) is 0 Å². The number of carbonyl (C=O) groups is 3. The number of nitrogens with zero attached hydrogens (tertiary/aromatic N) is 1. The van der Waals surface area contributed by atoms with Crippen molar-refractivity contribution in [2.75, 3.05) is 0 Å². The fourth-order valence-electron chi connectivity index (χ4n) is 3.06. The first-order valence-electron chi connectivity index (χ1n) is 8.94. The van der Waals surface area contributed by atoms with E-state index in [0.29, 0.717) is 10.6 Å². The largest absolute Gasteiger partial charge is 0.363 e. The lowest BCUT2D eigenvalue weighted by atomic mass is 10.1. The van der Waals surface area contributed by atoms with Crippen LogP contribution in [-0.4, -0.2) is 31.3 Å². The molecule has 2 amide bonds. The maximum absolute atomic E-state index is 12.6. The number of fused-ring (bicyclic) bond motifs is 1. The van der Waals surface area contributed by atoms with Crippen LogP contribution in [0.15, 0.2) is 83.8 Å². The summed E-state index contributed by atoms with van der Waals surface area (Å²) in [4.78, 5) is 42.0. The van der Waals surface area contributed by atoms with E-state index in [1.54, 1.807) is 42.5 Å². The molecule has 0 spiro atoms. The molecule has 3 aromatic carbocycles. The molecule has 0 atom stereocenters. The minimum Gasteiger partial charge on any atom is -0.324 e. The van der Waals surface area contributed by atoms with E-state index >= 15 is 0 Å². The second-order valence-electron chi connectivity index (χ2n) is 6.60. The van der Waals surface area contributed by atoms with Gasteiger partial charge in [0.1, 0.15) is 0 Å². The van der Waals surface area contributed by atoms with Crippen LogP contribution in [0.1, 0.15) is 36.6 Å². The van der Waals surface area contributed by atoms with Gasteiger partial charge < -0.3 is 4.84 Å². The van der Waals surface area contributed by atoms with Crippen molar-refractivity contribution in [3.8, 4) is 0 Å². The topological polar surface area (TPSA) is 97.8 Å². The van der Waals surface area contributed by atoms with Crippen LogP contribution >= 0.6 is 0 Å². The number of hydrogen-bond acceptors (Lipinski definition) is 6. The zero-order valence-corrected chi connectivity index (χ0v) is 16.3. The molecule has 0 fully saturated rings. The van der Waals surface area contributed by atoms with Crippen LogP contribution in [-0.2, 0) is 20.4 Å². The Bertz CT molecular complexity index is 1220. The number of rotatable bonds is 5. The molecular weight excluding hydrogens is 406 g/mol. The minimum atomic E-state index is -3.60. The van der Waals surface area contributed by atoms with Gasteiger partial charge in [-0.3, -0.25) is 9.59 Å². The van der Waals surface area contributed by atoms with Crippen LogP contribution in [0, 0.1) is 0 Å². The molecule has 0 radical (unpaired) electrons. The highest BCUT2D eigenvalue weighted by Gasteiger charge is 2.38. The van der Waals surface area contributed by atoms with E-state index in [-0.39, 0.29) is 27.3 Å². The third kappa shape index (κ3) is 3.60. The smallest absolute Gasteiger partial charge is 0.324 e. The third-order valence-electron chi connectivity index (χ3n) is 4.58. The Hall–Kier alpha value is -3.78. The second-order valence-corrected chi connectivity index (χ2v) is 8.59. The molecule has 0 N–H and O–H groups in total. The van der Waals surface area contributed by atoms with E-state index in [1.807, 2.05) is 0 Å². The van der Waals surface area contributed by atoms with Gasteiger partial charge in [0.05, 0.1) is 27.3 Å². The van der Waals surface area contributed by atoms with Gasteiger partial charge in [0.2, 0.25) is 0 Å². The van der Waals surface area contributed by atoms with E-state index in [4.69, 9.17) is 4.84 Å². The van der Waals surface area contributed by atoms with Crippen LogP contribution < -0.4 is 0 Å². The van der Waals surface area contributed by atoms with E-state index in [9.17, 15) is 22.8 Å². The normalized spacial score (nSPS) is 13.3. The fraction of sp³-hybridized carbons (Fsp3) is 0.0455. The van der Waals surface area contributed by atoms with Crippen molar-refractivity contribution >= 4 is 27.6 Å². The average molecular weight is 421 g/mol. The van der Waals surface area contributed by atoms with Crippen molar-refractivity contribution in [2.24, 2.45) is 0 Å². The van der Waals surface area contributed by atoms with Crippen molar-refractivity contribution < 1.29 is 27.6 Å². The minimum absolute atomic E-state index is 0.00483. The van der Waals surface area contributed by atoms with Gasteiger partial charge in [-0.15, -0.1) is 0 Å². The summed E-state index contributed by atoms with van der Waals surface area (Å²) in [6, 6.07) is 20.0. The number of imide groups is 1. The Morgan fingerprint density at radius 3 is 1.87 bits per heavy atom. The lowest BCUT2D eigenvalue weighted by Crippen LogP contribution is -2.32. The highest BCUT2D eigenvalue weighted by Crippen LogP contribution is 2.24. The van der Waals surface area contributed by atoms with Crippen LogP contribution in [0.2, 0.25) is 0 Å². The number of hydroxylamine groups is 2. The Labute approximate surface area is 172 Å². The molecule has 0 aromatic heterocycles. The summed E-state index contributed by atoms with van der Waals surface area (Å²) >= 11 is 0. The SMILES string of the molecule is O=C(ON1C(=O)c2ccccc2C1=O)c1ccc(S(=O)(=O)Cc2ccccc2)cc1. The number of hydrogen-bond donors (Lipinski definition) is 0. The summed E-state index contributed by atoms with van der Waals surface area (Å²) in [6.07, 6.45) is 0. The predicted octanol–water partition coefficient (Wildman–Crippen LogP) is 3.03. The number of sulfone groups is 1. The van der Waals surface area contributed by atoms with E-state index in [1.165, 1.54) is 36.4 Å². The lowest BCUT2D eigenvalue weighted by Gasteiger charge is -2.13. The van der Waals surface area contributed by atoms with Gasteiger partial charge in [-0.25, -0.2) is 13.2 Å². The van der Waals surface area contributed by atoms with E-state index in [0.717, 1.165) is 0 Å². The Balaban J connectivity index is 1.49. The fourth-order valence-corrected chi connectivity index (χ4v) is 4.41. The maximum Gasteiger partial charge on any atom is 0.363 e. The summed E-state index contributed by atoms with van der Waals surface area (Å²) in [5.74, 6) is -2.58. The van der Waals surface area contributed by atoms with Gasteiger partial charge >= 0.3 is 5.97 Å². The molecular formula is C22H15NO6S. The Morgan fingerprint density at radius 1 is 0.767 bits per heavy atom. The summed E-state index contributed by atoms with van der Waals surface area (Å²) in [5.41, 5.74) is 0.951. The molecule has 1 heterocycles. The molecule has 150 valence electrons. The Kier molecular flexibility index (Phi) is 4.93. The molecule has 0 bridgehead atoms. The summed E-state index contributed by atoms with van der Waals surface area (Å²) < 4.78 is 25.1. The molecule has 7 nitrogen and oxygen atoms in total. The molecule has 0 aliphatic carbocycles. The highest BCUT2D eigenvalue weighted by atomic mass is 32.2. The van der Waals surface area contributed by atoms with Gasteiger partial charge in [0.15, 0.2) is 9.84 Å². The summed E-state index contributed by atoms with van der Waals surface area (Å²) in [7, 11) is -3.60. The molecule has 8 heteroatoms. The summed E-state index contributed by atoms with van der Waals surface area (Å²) in [6.45, 7) is 0. The molecule has 0 saturated carbocycles. The Morgan fingerprint density at radius 2 is 1.30 bits per heavy atom. The number of benzene rings is 3. The molecule has 0 unspecified atom stereocenters. The van der Waals surface area contributed by atoms with Crippen molar-refractivity contribution in [1.82, 2.24) is 5.06 Å². The van der Waals surface area contributed by atoms with Crippen LogP contribution in [0.5, 0.6) is 0 Å². The quantitative estimate of drug-likeness (QED) is 0.588. The molecule has 4 rings (SSSR count). The molecule has 30 heavy (non-hydrogen) atoms. The van der Waals surface area contributed by atoms with Crippen molar-refractivity contribution in [2.45, 2.75) is 10.6 Å².